The van der Waals surface area contributed by atoms with Gasteiger partial charge >= 0.3 is 12.3 Å². The molecule has 2 unspecified atom stereocenters. The number of alkyl halides is 3. The first-order chi connectivity index (χ1) is 23.4. The van der Waals surface area contributed by atoms with Crippen LogP contribution in [0.25, 0.3) is 0 Å². The fraction of sp³-hybridized carbons (Fsp3) is 0.324. The third-order valence-electron chi connectivity index (χ3n) is 9.48. The van der Waals surface area contributed by atoms with E-state index in [0.29, 0.717) is 29.0 Å². The molecule has 2 amide bonds. The number of hydrogen-bond donors (Lipinski definition) is 0. The molecule has 1 saturated heterocycles. The van der Waals surface area contributed by atoms with Crippen LogP contribution in [0.4, 0.5) is 13.2 Å². The minimum absolute atomic E-state index is 0.144. The van der Waals surface area contributed by atoms with Gasteiger partial charge in [-0.3, -0.25) is 9.59 Å². The zero-order valence-electron chi connectivity index (χ0n) is 27.5. The number of carbonyl (C=O) groups excluding carboxylic acids is 3. The van der Waals surface area contributed by atoms with E-state index in [1.807, 2.05) is 22.8 Å². The van der Waals surface area contributed by atoms with Gasteiger partial charge in [-0.1, -0.05) is 42.5 Å². The Morgan fingerprint density at radius 3 is 2.12 bits per heavy atom. The lowest BCUT2D eigenvalue weighted by atomic mass is 9.75. The third kappa shape index (κ3) is 6.23. The molecular formula is C37H36F3N3O6. The maximum absolute atomic E-state index is 14.3. The van der Waals surface area contributed by atoms with Crippen LogP contribution in [0.15, 0.2) is 84.9 Å². The molecule has 2 aliphatic rings. The van der Waals surface area contributed by atoms with E-state index >= 15 is 0 Å². The fourth-order valence-corrected chi connectivity index (χ4v) is 7.42. The predicted molar refractivity (Wildman–Crippen MR) is 174 cm³/mol. The number of carbonyl (C=O) groups is 3. The fourth-order valence-electron chi connectivity index (χ4n) is 7.42. The van der Waals surface area contributed by atoms with Crippen molar-refractivity contribution >= 4 is 17.8 Å². The molecule has 0 N–H and O–H groups in total. The first-order valence-electron chi connectivity index (χ1n) is 15.7. The number of nitrogens with zero attached hydrogens (tertiary/aromatic N) is 3. The summed E-state index contributed by atoms with van der Waals surface area (Å²) in [7, 11) is 6.14. The maximum Gasteiger partial charge on any atom is 0.573 e. The standard InChI is InChI=1S/C37H36F3N3O6/c1-41(2)34(45)31-19-29-30(42(31)21-24-12-16-28(17-13-24)49-37(38,39)40)18-26-22-43(33(44)25-8-6-5-7-9-25)36(32(26)29,35(46)48-4)20-23-10-14-27(47-3)15-11-23/h5-17,19,26,32H,18,20-22H2,1-4H3/t26?,32?,36-/m1/s1. The van der Waals surface area contributed by atoms with Crippen LogP contribution in [0.1, 0.15) is 49.1 Å². The molecule has 3 aromatic carbocycles. The molecule has 3 atom stereocenters. The highest BCUT2D eigenvalue weighted by molar-refractivity contribution is 6.00. The first kappa shape index (κ1) is 33.6. The summed E-state index contributed by atoms with van der Waals surface area (Å²) in [5, 5.41) is 0. The summed E-state index contributed by atoms with van der Waals surface area (Å²) in [6.07, 6.45) is -4.22. The molecule has 9 nitrogen and oxygen atoms in total. The van der Waals surface area contributed by atoms with Gasteiger partial charge in [0, 0.05) is 50.8 Å². The van der Waals surface area contributed by atoms with Crippen LogP contribution < -0.4 is 9.47 Å². The number of methoxy groups -OCH3 is 2. The topological polar surface area (TPSA) is 90.3 Å². The van der Waals surface area contributed by atoms with Crippen LogP contribution >= 0.6 is 0 Å². The van der Waals surface area contributed by atoms with Crippen LogP contribution in [0, 0.1) is 5.92 Å². The molecule has 0 radical (unpaired) electrons. The second-order valence-corrected chi connectivity index (χ2v) is 12.6. The van der Waals surface area contributed by atoms with E-state index < -0.39 is 23.8 Å². The molecule has 2 heterocycles. The number of halogens is 3. The van der Waals surface area contributed by atoms with Crippen LogP contribution in [0.3, 0.4) is 0 Å². The number of hydrogen-bond acceptors (Lipinski definition) is 6. The van der Waals surface area contributed by atoms with Crippen LogP contribution in [0.2, 0.25) is 0 Å². The lowest BCUT2D eigenvalue weighted by molar-refractivity contribution is -0.274. The molecule has 1 fully saturated rings. The quantitative estimate of drug-likeness (QED) is 0.211. The van der Waals surface area contributed by atoms with E-state index in [-0.39, 0.29) is 43.0 Å². The van der Waals surface area contributed by atoms with Crippen LogP contribution in [-0.4, -0.2) is 78.9 Å². The van der Waals surface area contributed by atoms with Gasteiger partial charge in [0.25, 0.3) is 11.8 Å². The normalized spacial score (nSPS) is 19.6. The predicted octanol–water partition coefficient (Wildman–Crippen LogP) is 5.71. The summed E-state index contributed by atoms with van der Waals surface area (Å²) in [5.41, 5.74) is 2.35. The van der Waals surface area contributed by atoms with Crippen molar-refractivity contribution in [2.24, 2.45) is 5.92 Å². The van der Waals surface area contributed by atoms with E-state index in [1.165, 1.54) is 36.3 Å². The molecule has 0 bridgehead atoms. The Labute approximate surface area is 281 Å². The lowest BCUT2D eigenvalue weighted by Crippen LogP contribution is -2.58. The molecule has 256 valence electrons. The molecule has 1 aromatic heterocycles. The highest BCUT2D eigenvalue weighted by Crippen LogP contribution is 2.55. The molecule has 49 heavy (non-hydrogen) atoms. The first-order valence-corrected chi connectivity index (χ1v) is 15.7. The van der Waals surface area contributed by atoms with E-state index in [4.69, 9.17) is 9.47 Å². The zero-order chi connectivity index (χ0) is 35.1. The SMILES string of the molecule is COC(=O)[C@@]1(Cc2ccc(OC)cc2)C2c3cc(C(=O)N(C)C)n(Cc4ccc(OC(F)(F)F)cc4)c3CC2CN1C(=O)c1ccccc1. The van der Waals surface area contributed by atoms with Gasteiger partial charge in [0.05, 0.1) is 14.2 Å². The zero-order valence-corrected chi connectivity index (χ0v) is 27.5. The van der Waals surface area contributed by atoms with Gasteiger partial charge in [-0.25, -0.2) is 4.79 Å². The lowest BCUT2D eigenvalue weighted by Gasteiger charge is -2.40. The van der Waals surface area contributed by atoms with E-state index in [2.05, 4.69) is 4.74 Å². The van der Waals surface area contributed by atoms with E-state index in [0.717, 1.165) is 16.8 Å². The van der Waals surface area contributed by atoms with E-state index in [1.54, 1.807) is 68.6 Å². The highest BCUT2D eigenvalue weighted by Gasteiger charge is 2.64. The number of rotatable bonds is 9. The number of esters is 1. The molecule has 6 rings (SSSR count). The number of likely N-dealkylation sites (tertiary alicyclic amines) is 1. The van der Waals surface area contributed by atoms with E-state index in [9.17, 15) is 27.6 Å². The Morgan fingerprint density at radius 1 is 0.898 bits per heavy atom. The Balaban J connectivity index is 1.48. The summed E-state index contributed by atoms with van der Waals surface area (Å²) in [6.45, 7) is 0.450. The molecule has 1 aliphatic carbocycles. The molecular weight excluding hydrogens is 639 g/mol. The van der Waals surface area contributed by atoms with Gasteiger partial charge in [0.1, 0.15) is 17.2 Å². The Hall–Kier alpha value is -5.26. The van der Waals surface area contributed by atoms with Crippen molar-refractivity contribution in [1.82, 2.24) is 14.4 Å². The highest BCUT2D eigenvalue weighted by atomic mass is 19.4. The summed E-state index contributed by atoms with van der Waals surface area (Å²) in [5.74, 6) is -1.58. The number of fused-ring (bicyclic) bond motifs is 3. The minimum Gasteiger partial charge on any atom is -0.497 e. The summed E-state index contributed by atoms with van der Waals surface area (Å²) >= 11 is 0. The van der Waals surface area contributed by atoms with Gasteiger partial charge in [0.2, 0.25) is 0 Å². The third-order valence-corrected chi connectivity index (χ3v) is 9.48. The Kier molecular flexibility index (Phi) is 8.91. The van der Waals surface area contributed by atoms with Crippen LogP contribution in [0.5, 0.6) is 11.5 Å². The Morgan fingerprint density at radius 2 is 1.53 bits per heavy atom. The summed E-state index contributed by atoms with van der Waals surface area (Å²) < 4.78 is 55.1. The average molecular weight is 676 g/mol. The van der Waals surface area contributed by atoms with Gasteiger partial charge in [-0.2, -0.15) is 0 Å². The monoisotopic (exact) mass is 675 g/mol. The smallest absolute Gasteiger partial charge is 0.497 e. The Bertz CT molecular complexity index is 1860. The maximum atomic E-state index is 14.3. The second kappa shape index (κ2) is 13.0. The minimum atomic E-state index is -4.82. The van der Waals surface area contributed by atoms with Crippen molar-refractivity contribution in [2.75, 3.05) is 34.9 Å². The second-order valence-electron chi connectivity index (χ2n) is 12.6. The van der Waals surface area contributed by atoms with Gasteiger partial charge in [0.15, 0.2) is 5.54 Å². The largest absolute Gasteiger partial charge is 0.573 e. The van der Waals surface area contributed by atoms with Gasteiger partial charge in [-0.15, -0.1) is 13.2 Å². The summed E-state index contributed by atoms with van der Waals surface area (Å²) in [4.78, 5) is 45.3. The molecule has 12 heteroatoms. The van der Waals surface area contributed by atoms with Crippen molar-refractivity contribution in [3.8, 4) is 11.5 Å². The number of benzene rings is 3. The van der Waals surface area contributed by atoms with Crippen molar-refractivity contribution in [3.63, 3.8) is 0 Å². The van der Waals surface area contributed by atoms with Crippen molar-refractivity contribution in [2.45, 2.75) is 37.2 Å². The van der Waals surface area contributed by atoms with Crippen molar-refractivity contribution < 1.29 is 41.8 Å². The van der Waals surface area contributed by atoms with Crippen molar-refractivity contribution in [1.29, 1.82) is 0 Å². The van der Waals surface area contributed by atoms with Gasteiger partial charge in [-0.05, 0) is 71.5 Å². The molecule has 1 aliphatic heterocycles. The number of ether oxygens (including phenoxy) is 3. The number of aromatic nitrogens is 1. The molecule has 4 aromatic rings. The average Bonchev–Trinajstić information content (AvgIpc) is 3.72. The summed E-state index contributed by atoms with van der Waals surface area (Å²) in [6, 6.07) is 23.4. The molecule has 0 saturated carbocycles. The number of amides is 2. The molecule has 0 spiro atoms. The van der Waals surface area contributed by atoms with Crippen LogP contribution in [-0.2, 0) is 28.9 Å². The van der Waals surface area contributed by atoms with Gasteiger partial charge < -0.3 is 28.6 Å². The van der Waals surface area contributed by atoms with Crippen molar-refractivity contribution in [3.05, 3.63) is 119 Å².